The fourth-order valence-electron chi connectivity index (χ4n) is 2.11. The summed E-state index contributed by atoms with van der Waals surface area (Å²) in [4.78, 5) is 24.4. The van der Waals surface area contributed by atoms with Crippen LogP contribution < -0.4 is 9.47 Å². The number of ether oxygens (including phenoxy) is 2. The monoisotopic (exact) mass is 334 g/mol. The zero-order valence-electron chi connectivity index (χ0n) is 13.1. The normalized spacial score (nSPS) is 10.1. The summed E-state index contributed by atoms with van der Waals surface area (Å²) < 4.78 is 10.6. The Kier molecular flexibility index (Phi) is 4.76. The van der Waals surface area contributed by atoms with E-state index in [1.165, 1.54) is 30.3 Å². The summed E-state index contributed by atoms with van der Waals surface area (Å²) in [5.74, 6) is -0.848. The minimum atomic E-state index is -0.622. The SMILES string of the molecule is O=C(Oc1ccccc1OC(=O)c1ccc(O)cc1)c1ccccc1. The first-order valence-electron chi connectivity index (χ1n) is 7.51. The minimum absolute atomic E-state index is 0.0498. The number of rotatable bonds is 4. The molecular weight excluding hydrogens is 320 g/mol. The molecule has 0 aliphatic rings. The Balaban J connectivity index is 1.78. The summed E-state index contributed by atoms with van der Waals surface area (Å²) in [7, 11) is 0. The first-order valence-corrected chi connectivity index (χ1v) is 7.51. The van der Waals surface area contributed by atoms with Gasteiger partial charge in [0.05, 0.1) is 11.1 Å². The third kappa shape index (κ3) is 4.03. The van der Waals surface area contributed by atoms with Crippen LogP contribution in [0.3, 0.4) is 0 Å². The van der Waals surface area contributed by atoms with Crippen molar-refractivity contribution in [2.24, 2.45) is 0 Å². The molecule has 5 nitrogen and oxygen atoms in total. The van der Waals surface area contributed by atoms with Crippen LogP contribution in [0.15, 0.2) is 78.9 Å². The van der Waals surface area contributed by atoms with Crippen LogP contribution in [0.5, 0.6) is 17.2 Å². The number of phenolic OH excluding ortho intramolecular Hbond substituents is 1. The Labute approximate surface area is 144 Å². The molecule has 0 aliphatic carbocycles. The van der Waals surface area contributed by atoms with Crippen LogP contribution in [0.2, 0.25) is 0 Å². The molecule has 3 aromatic rings. The summed E-state index contributed by atoms with van der Waals surface area (Å²) in [6, 6.07) is 20.6. The van der Waals surface area contributed by atoms with Crippen molar-refractivity contribution in [3.63, 3.8) is 0 Å². The number of aromatic hydroxyl groups is 1. The van der Waals surface area contributed by atoms with E-state index < -0.39 is 11.9 Å². The molecule has 0 radical (unpaired) electrons. The second-order valence-electron chi connectivity index (χ2n) is 5.14. The average Bonchev–Trinajstić information content (AvgIpc) is 2.64. The Morgan fingerprint density at radius 3 is 1.56 bits per heavy atom. The lowest BCUT2D eigenvalue weighted by molar-refractivity contribution is 0.0682. The molecule has 0 fully saturated rings. The van der Waals surface area contributed by atoms with E-state index in [9.17, 15) is 14.7 Å². The van der Waals surface area contributed by atoms with Crippen molar-refractivity contribution in [2.45, 2.75) is 0 Å². The number of hydrogen-bond acceptors (Lipinski definition) is 5. The Hall–Kier alpha value is -3.60. The molecule has 0 heterocycles. The van der Waals surface area contributed by atoms with Crippen LogP contribution in [0, 0.1) is 0 Å². The predicted molar refractivity (Wildman–Crippen MR) is 90.9 cm³/mol. The molecule has 25 heavy (non-hydrogen) atoms. The van der Waals surface area contributed by atoms with Crippen LogP contribution in [0.4, 0.5) is 0 Å². The third-order valence-corrected chi connectivity index (χ3v) is 3.37. The van der Waals surface area contributed by atoms with Crippen LogP contribution >= 0.6 is 0 Å². The van der Waals surface area contributed by atoms with Crippen molar-refractivity contribution >= 4 is 11.9 Å². The van der Waals surface area contributed by atoms with E-state index in [0.29, 0.717) is 5.56 Å². The maximum atomic E-state index is 12.2. The van der Waals surface area contributed by atoms with E-state index in [2.05, 4.69) is 0 Å². The summed E-state index contributed by atoms with van der Waals surface area (Å²) in [6.45, 7) is 0. The number of carbonyl (C=O) groups is 2. The standard InChI is InChI=1S/C20H14O5/c21-16-12-10-15(11-13-16)20(23)25-18-9-5-4-8-17(18)24-19(22)14-6-2-1-3-7-14/h1-13,21H. The lowest BCUT2D eigenvalue weighted by atomic mass is 10.2. The Bertz CT molecular complexity index is 885. The van der Waals surface area contributed by atoms with Gasteiger partial charge in [0.25, 0.3) is 0 Å². The topological polar surface area (TPSA) is 72.8 Å². The largest absolute Gasteiger partial charge is 0.508 e. The first kappa shape index (κ1) is 16.3. The van der Waals surface area contributed by atoms with Gasteiger partial charge >= 0.3 is 11.9 Å². The highest BCUT2D eigenvalue weighted by Gasteiger charge is 2.15. The highest BCUT2D eigenvalue weighted by molar-refractivity contribution is 5.93. The van der Waals surface area contributed by atoms with Crippen LogP contribution in [-0.4, -0.2) is 17.0 Å². The maximum absolute atomic E-state index is 12.2. The predicted octanol–water partition coefficient (Wildman–Crippen LogP) is 3.83. The molecule has 0 amide bonds. The van der Waals surface area contributed by atoms with Crippen molar-refractivity contribution in [3.05, 3.63) is 90.0 Å². The molecule has 1 N–H and O–H groups in total. The summed E-state index contributed by atoms with van der Waals surface area (Å²) >= 11 is 0. The van der Waals surface area contributed by atoms with E-state index in [1.54, 1.807) is 48.5 Å². The van der Waals surface area contributed by atoms with Crippen LogP contribution in [0.1, 0.15) is 20.7 Å². The Morgan fingerprint density at radius 1 is 0.600 bits per heavy atom. The average molecular weight is 334 g/mol. The summed E-state index contributed by atoms with van der Waals surface area (Å²) in [5.41, 5.74) is 0.657. The van der Waals surface area contributed by atoms with Gasteiger partial charge in [-0.25, -0.2) is 9.59 Å². The van der Waals surface area contributed by atoms with Gasteiger partial charge in [0.15, 0.2) is 11.5 Å². The third-order valence-electron chi connectivity index (χ3n) is 3.37. The van der Waals surface area contributed by atoms with Crippen molar-refractivity contribution in [1.29, 1.82) is 0 Å². The fourth-order valence-corrected chi connectivity index (χ4v) is 2.11. The highest BCUT2D eigenvalue weighted by Crippen LogP contribution is 2.28. The summed E-state index contributed by atoms with van der Waals surface area (Å²) in [5, 5.41) is 9.27. The smallest absolute Gasteiger partial charge is 0.343 e. The second-order valence-corrected chi connectivity index (χ2v) is 5.14. The molecule has 124 valence electrons. The molecule has 3 rings (SSSR count). The molecule has 0 aliphatic heterocycles. The Morgan fingerprint density at radius 2 is 1.04 bits per heavy atom. The van der Waals surface area contributed by atoms with Gasteiger partial charge < -0.3 is 14.6 Å². The molecule has 0 atom stereocenters. The van der Waals surface area contributed by atoms with E-state index >= 15 is 0 Å². The van der Waals surface area contributed by atoms with Crippen molar-refractivity contribution in [3.8, 4) is 17.2 Å². The van der Waals surface area contributed by atoms with Gasteiger partial charge in [-0.2, -0.15) is 0 Å². The molecule has 0 spiro atoms. The van der Waals surface area contributed by atoms with Crippen molar-refractivity contribution < 1.29 is 24.2 Å². The zero-order chi connectivity index (χ0) is 17.6. The second kappa shape index (κ2) is 7.31. The molecular formula is C20H14O5. The van der Waals surface area contributed by atoms with Gasteiger partial charge in [0, 0.05) is 0 Å². The molecule has 0 saturated carbocycles. The molecule has 3 aromatic carbocycles. The molecule has 5 heteroatoms. The molecule has 0 saturated heterocycles. The lowest BCUT2D eigenvalue weighted by Gasteiger charge is -2.10. The van der Waals surface area contributed by atoms with E-state index in [1.807, 2.05) is 0 Å². The van der Waals surface area contributed by atoms with Gasteiger partial charge in [-0.05, 0) is 48.5 Å². The lowest BCUT2D eigenvalue weighted by Crippen LogP contribution is -2.12. The number of para-hydroxylation sites is 2. The van der Waals surface area contributed by atoms with Gasteiger partial charge in [-0.15, -0.1) is 0 Å². The van der Waals surface area contributed by atoms with Gasteiger partial charge in [0.1, 0.15) is 5.75 Å². The van der Waals surface area contributed by atoms with Gasteiger partial charge in [-0.3, -0.25) is 0 Å². The van der Waals surface area contributed by atoms with Crippen LogP contribution in [0.25, 0.3) is 0 Å². The minimum Gasteiger partial charge on any atom is -0.508 e. The fraction of sp³-hybridized carbons (Fsp3) is 0. The van der Waals surface area contributed by atoms with Crippen molar-refractivity contribution in [2.75, 3.05) is 0 Å². The number of phenols is 1. The highest BCUT2D eigenvalue weighted by atomic mass is 16.6. The number of benzene rings is 3. The quantitative estimate of drug-likeness (QED) is 0.580. The maximum Gasteiger partial charge on any atom is 0.343 e. The van der Waals surface area contributed by atoms with Gasteiger partial charge in [0.2, 0.25) is 0 Å². The number of hydrogen-bond donors (Lipinski definition) is 1. The van der Waals surface area contributed by atoms with Crippen LogP contribution in [-0.2, 0) is 0 Å². The first-order chi connectivity index (χ1) is 12.1. The molecule has 0 unspecified atom stereocenters. The zero-order valence-corrected chi connectivity index (χ0v) is 13.1. The van der Waals surface area contributed by atoms with Crippen molar-refractivity contribution in [1.82, 2.24) is 0 Å². The molecule has 0 aromatic heterocycles. The molecule has 0 bridgehead atoms. The summed E-state index contributed by atoms with van der Waals surface area (Å²) in [6.07, 6.45) is 0. The van der Waals surface area contributed by atoms with E-state index in [4.69, 9.17) is 9.47 Å². The number of esters is 2. The number of carbonyl (C=O) groups excluding carboxylic acids is 2. The van der Waals surface area contributed by atoms with E-state index in [-0.39, 0.29) is 22.8 Å². The van der Waals surface area contributed by atoms with E-state index in [0.717, 1.165) is 0 Å². The van der Waals surface area contributed by atoms with Gasteiger partial charge in [-0.1, -0.05) is 30.3 Å².